The van der Waals surface area contributed by atoms with Crippen molar-refractivity contribution in [1.29, 1.82) is 0 Å². The third-order valence-corrected chi connectivity index (χ3v) is 2.36. The van der Waals surface area contributed by atoms with Crippen LogP contribution in [0.1, 0.15) is 33.7 Å². The average molecular weight is 236 g/mol. The number of hydrogen-bond acceptors (Lipinski definition) is 4. The van der Waals surface area contributed by atoms with Gasteiger partial charge in [0.1, 0.15) is 5.75 Å². The van der Waals surface area contributed by atoms with Crippen molar-refractivity contribution in [1.82, 2.24) is 10.3 Å². The number of hydrogen-bond donors (Lipinski definition) is 2. The van der Waals surface area contributed by atoms with Crippen molar-refractivity contribution in [3.05, 3.63) is 23.5 Å². The zero-order valence-electron chi connectivity index (χ0n) is 9.27. The molecule has 17 heavy (non-hydrogen) atoms. The monoisotopic (exact) mass is 236 g/mol. The second-order valence-electron chi connectivity index (χ2n) is 3.77. The standard InChI is InChI=1S/C11H12N2O4/c1-12-10(14)8-4-7(17-6-2-3-6)5-13-9(8)11(15)16/h4-6H,2-3H2,1H3,(H,12,14)(H,15,16). The van der Waals surface area contributed by atoms with Gasteiger partial charge in [-0.05, 0) is 18.9 Å². The van der Waals surface area contributed by atoms with Crippen LogP contribution >= 0.6 is 0 Å². The van der Waals surface area contributed by atoms with E-state index in [2.05, 4.69) is 10.3 Å². The molecule has 1 heterocycles. The highest BCUT2D eigenvalue weighted by Crippen LogP contribution is 2.27. The van der Waals surface area contributed by atoms with E-state index in [1.807, 2.05) is 0 Å². The minimum absolute atomic E-state index is 0.0122. The van der Waals surface area contributed by atoms with Crippen molar-refractivity contribution < 1.29 is 19.4 Å². The first-order valence-electron chi connectivity index (χ1n) is 5.24. The summed E-state index contributed by atoms with van der Waals surface area (Å²) >= 11 is 0. The first-order chi connectivity index (χ1) is 8.11. The maximum atomic E-state index is 11.5. The first kappa shape index (κ1) is 11.4. The molecule has 1 aliphatic carbocycles. The Morgan fingerprint density at radius 1 is 1.53 bits per heavy atom. The van der Waals surface area contributed by atoms with Crippen LogP contribution in [-0.2, 0) is 0 Å². The summed E-state index contributed by atoms with van der Waals surface area (Å²) in [6.07, 6.45) is 3.46. The molecule has 2 N–H and O–H groups in total. The average Bonchev–Trinajstić information content (AvgIpc) is 3.11. The Kier molecular flexibility index (Phi) is 2.95. The van der Waals surface area contributed by atoms with E-state index in [9.17, 15) is 9.59 Å². The number of rotatable bonds is 4. The van der Waals surface area contributed by atoms with Crippen molar-refractivity contribution in [2.45, 2.75) is 18.9 Å². The lowest BCUT2D eigenvalue weighted by atomic mass is 10.1. The van der Waals surface area contributed by atoms with Gasteiger partial charge in [0, 0.05) is 7.05 Å². The number of carboxylic acids is 1. The molecule has 0 bridgehead atoms. The van der Waals surface area contributed by atoms with Gasteiger partial charge < -0.3 is 15.2 Å². The van der Waals surface area contributed by atoms with E-state index in [0.717, 1.165) is 12.8 Å². The van der Waals surface area contributed by atoms with E-state index >= 15 is 0 Å². The Morgan fingerprint density at radius 3 is 2.76 bits per heavy atom. The summed E-state index contributed by atoms with van der Waals surface area (Å²) in [6.45, 7) is 0. The van der Waals surface area contributed by atoms with Gasteiger partial charge in [-0.15, -0.1) is 0 Å². The Bertz CT molecular complexity index is 469. The number of amides is 1. The van der Waals surface area contributed by atoms with E-state index in [-0.39, 0.29) is 17.4 Å². The van der Waals surface area contributed by atoms with Gasteiger partial charge in [-0.2, -0.15) is 0 Å². The molecule has 6 nitrogen and oxygen atoms in total. The lowest BCUT2D eigenvalue weighted by Crippen LogP contribution is -2.22. The largest absolute Gasteiger partial charge is 0.489 e. The fourth-order valence-corrected chi connectivity index (χ4v) is 1.37. The molecule has 1 aromatic heterocycles. The summed E-state index contributed by atoms with van der Waals surface area (Å²) in [4.78, 5) is 26.2. The second kappa shape index (κ2) is 4.40. The molecule has 0 radical (unpaired) electrons. The number of aromatic carboxylic acids is 1. The number of ether oxygens (including phenoxy) is 1. The molecule has 1 aromatic rings. The number of carbonyl (C=O) groups is 2. The molecule has 2 rings (SSSR count). The Balaban J connectivity index is 2.34. The van der Waals surface area contributed by atoms with Crippen LogP contribution in [0.25, 0.3) is 0 Å². The third kappa shape index (κ3) is 2.52. The van der Waals surface area contributed by atoms with Gasteiger partial charge in [0.15, 0.2) is 5.69 Å². The van der Waals surface area contributed by atoms with Gasteiger partial charge in [0.05, 0.1) is 17.9 Å². The van der Waals surface area contributed by atoms with Gasteiger partial charge in [-0.25, -0.2) is 9.78 Å². The number of carboxylic acid groups (broad SMARTS) is 1. The topological polar surface area (TPSA) is 88.5 Å². The molecule has 1 fully saturated rings. The third-order valence-electron chi connectivity index (χ3n) is 2.36. The summed E-state index contributed by atoms with van der Waals surface area (Å²) in [6, 6.07) is 1.41. The van der Waals surface area contributed by atoms with E-state index < -0.39 is 11.9 Å². The fourth-order valence-electron chi connectivity index (χ4n) is 1.37. The van der Waals surface area contributed by atoms with Gasteiger partial charge in [-0.3, -0.25) is 4.79 Å². The smallest absolute Gasteiger partial charge is 0.355 e. The molecule has 90 valence electrons. The van der Waals surface area contributed by atoms with Crippen LogP contribution in [0, 0.1) is 0 Å². The minimum atomic E-state index is -1.23. The summed E-state index contributed by atoms with van der Waals surface area (Å²) in [5, 5.41) is 11.3. The van der Waals surface area contributed by atoms with Crippen LogP contribution in [0.15, 0.2) is 12.3 Å². The molecule has 0 unspecified atom stereocenters. The molecular weight excluding hydrogens is 224 g/mol. The lowest BCUT2D eigenvalue weighted by molar-refractivity contribution is 0.0684. The maximum absolute atomic E-state index is 11.5. The van der Waals surface area contributed by atoms with Crippen LogP contribution in [0.5, 0.6) is 5.75 Å². The van der Waals surface area contributed by atoms with Gasteiger partial charge in [0.2, 0.25) is 0 Å². The van der Waals surface area contributed by atoms with E-state index in [1.165, 1.54) is 19.3 Å². The number of nitrogens with zero attached hydrogens (tertiary/aromatic N) is 1. The van der Waals surface area contributed by atoms with Crippen molar-refractivity contribution in [2.75, 3.05) is 7.05 Å². The van der Waals surface area contributed by atoms with Crippen molar-refractivity contribution >= 4 is 11.9 Å². The summed E-state index contributed by atoms with van der Waals surface area (Å²) in [7, 11) is 1.43. The highest BCUT2D eigenvalue weighted by molar-refractivity contribution is 6.03. The molecule has 1 aliphatic rings. The predicted molar refractivity (Wildman–Crippen MR) is 58.2 cm³/mol. The predicted octanol–water partition coefficient (Wildman–Crippen LogP) is 0.681. The molecule has 0 spiro atoms. The van der Waals surface area contributed by atoms with E-state index in [0.29, 0.717) is 5.75 Å². The summed E-state index contributed by atoms with van der Waals surface area (Å²) < 4.78 is 5.46. The summed E-state index contributed by atoms with van der Waals surface area (Å²) in [5.74, 6) is -1.30. The number of nitrogens with one attached hydrogen (secondary N) is 1. The van der Waals surface area contributed by atoms with Crippen LogP contribution in [-0.4, -0.2) is 35.1 Å². The van der Waals surface area contributed by atoms with Gasteiger partial charge in [-0.1, -0.05) is 0 Å². The number of carbonyl (C=O) groups excluding carboxylic acids is 1. The normalized spacial score (nSPS) is 14.2. The van der Waals surface area contributed by atoms with E-state index in [1.54, 1.807) is 0 Å². The maximum Gasteiger partial charge on any atom is 0.355 e. The molecule has 6 heteroatoms. The lowest BCUT2D eigenvalue weighted by Gasteiger charge is -2.08. The number of aromatic nitrogens is 1. The summed E-state index contributed by atoms with van der Waals surface area (Å²) in [5.41, 5.74) is -0.259. The minimum Gasteiger partial charge on any atom is -0.489 e. The highest BCUT2D eigenvalue weighted by Gasteiger charge is 2.25. The SMILES string of the molecule is CNC(=O)c1cc(OC2CC2)cnc1C(=O)O. The molecular formula is C11H12N2O4. The molecule has 1 amide bonds. The van der Waals surface area contributed by atoms with Crippen LogP contribution < -0.4 is 10.1 Å². The quantitative estimate of drug-likeness (QED) is 0.802. The van der Waals surface area contributed by atoms with Crippen LogP contribution in [0.3, 0.4) is 0 Å². The fraction of sp³-hybridized carbons (Fsp3) is 0.364. The number of pyridine rings is 1. The highest BCUT2D eigenvalue weighted by atomic mass is 16.5. The van der Waals surface area contributed by atoms with Crippen molar-refractivity contribution in [3.63, 3.8) is 0 Å². The van der Waals surface area contributed by atoms with Crippen LogP contribution in [0.4, 0.5) is 0 Å². The van der Waals surface area contributed by atoms with Gasteiger partial charge >= 0.3 is 5.97 Å². The van der Waals surface area contributed by atoms with Crippen LogP contribution in [0.2, 0.25) is 0 Å². The zero-order valence-corrected chi connectivity index (χ0v) is 9.27. The van der Waals surface area contributed by atoms with Crippen molar-refractivity contribution in [3.8, 4) is 5.75 Å². The molecule has 0 saturated heterocycles. The Morgan fingerprint density at radius 2 is 2.24 bits per heavy atom. The molecule has 1 saturated carbocycles. The zero-order chi connectivity index (χ0) is 12.4. The Labute approximate surface area is 97.6 Å². The first-order valence-corrected chi connectivity index (χ1v) is 5.24. The molecule has 0 aromatic carbocycles. The molecule has 0 aliphatic heterocycles. The van der Waals surface area contributed by atoms with Crippen molar-refractivity contribution in [2.24, 2.45) is 0 Å². The Hall–Kier alpha value is -2.11. The van der Waals surface area contributed by atoms with Gasteiger partial charge in [0.25, 0.3) is 5.91 Å². The second-order valence-corrected chi connectivity index (χ2v) is 3.77. The molecule has 0 atom stereocenters. The van der Waals surface area contributed by atoms with E-state index in [4.69, 9.17) is 9.84 Å².